The summed E-state index contributed by atoms with van der Waals surface area (Å²) in [6.07, 6.45) is 1.23. The van der Waals surface area contributed by atoms with Crippen LogP contribution in [0.3, 0.4) is 0 Å². The third-order valence-electron chi connectivity index (χ3n) is 3.37. The first-order chi connectivity index (χ1) is 7.00. The van der Waals surface area contributed by atoms with E-state index in [1.54, 1.807) is 7.11 Å². The molecular formula is C12H26N2O. The molecule has 1 rings (SSSR count). The molecule has 1 aliphatic rings. The summed E-state index contributed by atoms with van der Waals surface area (Å²) < 4.78 is 5.24. The molecular weight excluding hydrogens is 188 g/mol. The molecule has 90 valence electrons. The standard InChI is InChI=1S/C12H26N2O/c1-6-14(10(2)9-15-5)11-7-12(3,4)13-8-11/h10-11,13H,6-9H2,1-5H3. The van der Waals surface area contributed by atoms with E-state index < -0.39 is 0 Å². The van der Waals surface area contributed by atoms with E-state index in [-0.39, 0.29) is 0 Å². The first kappa shape index (κ1) is 12.9. The van der Waals surface area contributed by atoms with Crippen LogP contribution in [0.2, 0.25) is 0 Å². The van der Waals surface area contributed by atoms with Gasteiger partial charge < -0.3 is 10.1 Å². The van der Waals surface area contributed by atoms with Crippen LogP contribution in [0, 0.1) is 0 Å². The number of nitrogens with one attached hydrogen (secondary N) is 1. The van der Waals surface area contributed by atoms with Crippen molar-refractivity contribution in [2.24, 2.45) is 0 Å². The van der Waals surface area contributed by atoms with E-state index >= 15 is 0 Å². The van der Waals surface area contributed by atoms with Crippen LogP contribution in [-0.4, -0.2) is 49.3 Å². The quantitative estimate of drug-likeness (QED) is 0.750. The largest absolute Gasteiger partial charge is 0.383 e. The van der Waals surface area contributed by atoms with Crippen molar-refractivity contribution in [3.63, 3.8) is 0 Å². The van der Waals surface area contributed by atoms with Gasteiger partial charge >= 0.3 is 0 Å². The summed E-state index contributed by atoms with van der Waals surface area (Å²) in [6, 6.07) is 1.18. The Morgan fingerprint density at radius 1 is 1.53 bits per heavy atom. The average Bonchev–Trinajstić information content (AvgIpc) is 2.48. The molecule has 2 atom stereocenters. The molecule has 0 aromatic heterocycles. The molecule has 0 radical (unpaired) electrons. The van der Waals surface area contributed by atoms with Crippen molar-refractivity contribution >= 4 is 0 Å². The second kappa shape index (κ2) is 5.28. The van der Waals surface area contributed by atoms with Gasteiger partial charge in [-0.3, -0.25) is 4.90 Å². The van der Waals surface area contributed by atoms with Crippen molar-refractivity contribution < 1.29 is 4.74 Å². The summed E-state index contributed by atoms with van der Waals surface area (Å²) in [6.45, 7) is 12.1. The van der Waals surface area contributed by atoms with Gasteiger partial charge in [0, 0.05) is 31.3 Å². The highest BCUT2D eigenvalue weighted by atomic mass is 16.5. The lowest BCUT2D eigenvalue weighted by Gasteiger charge is -2.33. The molecule has 1 heterocycles. The lowest BCUT2D eigenvalue weighted by atomic mass is 10.00. The van der Waals surface area contributed by atoms with Gasteiger partial charge in [0.1, 0.15) is 0 Å². The lowest BCUT2D eigenvalue weighted by molar-refractivity contribution is 0.0769. The van der Waals surface area contributed by atoms with E-state index in [1.807, 2.05) is 0 Å². The van der Waals surface area contributed by atoms with Crippen molar-refractivity contribution in [1.29, 1.82) is 0 Å². The molecule has 2 unspecified atom stereocenters. The van der Waals surface area contributed by atoms with Crippen molar-refractivity contribution in [1.82, 2.24) is 10.2 Å². The lowest BCUT2D eigenvalue weighted by Crippen LogP contribution is -2.44. The number of rotatable bonds is 5. The molecule has 1 fully saturated rings. The fourth-order valence-electron chi connectivity index (χ4n) is 2.63. The minimum atomic E-state index is 0.297. The molecule has 0 amide bonds. The zero-order chi connectivity index (χ0) is 11.5. The Labute approximate surface area is 94.2 Å². The molecule has 15 heavy (non-hydrogen) atoms. The molecule has 3 nitrogen and oxygen atoms in total. The van der Waals surface area contributed by atoms with Crippen LogP contribution in [0.25, 0.3) is 0 Å². The van der Waals surface area contributed by atoms with Crippen molar-refractivity contribution in [2.45, 2.75) is 51.7 Å². The van der Waals surface area contributed by atoms with E-state index in [0.29, 0.717) is 17.6 Å². The van der Waals surface area contributed by atoms with Gasteiger partial charge in [-0.25, -0.2) is 0 Å². The number of likely N-dealkylation sites (N-methyl/N-ethyl adjacent to an activating group) is 1. The highest BCUT2D eigenvalue weighted by Crippen LogP contribution is 2.23. The van der Waals surface area contributed by atoms with Crippen molar-refractivity contribution in [2.75, 3.05) is 26.8 Å². The predicted molar refractivity (Wildman–Crippen MR) is 64.2 cm³/mol. The topological polar surface area (TPSA) is 24.5 Å². The molecule has 3 heteroatoms. The summed E-state index contributed by atoms with van der Waals surface area (Å²) in [5, 5.41) is 3.58. The summed E-state index contributed by atoms with van der Waals surface area (Å²) in [5.41, 5.74) is 0.297. The molecule has 0 saturated carbocycles. The normalized spacial score (nSPS) is 27.2. The van der Waals surface area contributed by atoms with Crippen LogP contribution in [0.15, 0.2) is 0 Å². The molecule has 0 spiro atoms. The fraction of sp³-hybridized carbons (Fsp3) is 1.00. The second-order valence-electron chi connectivity index (χ2n) is 5.26. The summed E-state index contributed by atoms with van der Waals surface area (Å²) in [5.74, 6) is 0. The fourth-order valence-corrected chi connectivity index (χ4v) is 2.63. The molecule has 0 aromatic carbocycles. The van der Waals surface area contributed by atoms with E-state index in [4.69, 9.17) is 4.74 Å². The van der Waals surface area contributed by atoms with Crippen LogP contribution in [-0.2, 0) is 4.74 Å². The second-order valence-corrected chi connectivity index (χ2v) is 5.26. The molecule has 0 aromatic rings. The maximum atomic E-state index is 5.24. The highest BCUT2D eigenvalue weighted by Gasteiger charge is 2.34. The Balaban J connectivity index is 2.52. The van der Waals surface area contributed by atoms with Crippen LogP contribution in [0.4, 0.5) is 0 Å². The third-order valence-corrected chi connectivity index (χ3v) is 3.37. The minimum Gasteiger partial charge on any atom is -0.383 e. The summed E-state index contributed by atoms with van der Waals surface area (Å²) in [7, 11) is 1.78. The Morgan fingerprint density at radius 3 is 2.60 bits per heavy atom. The predicted octanol–water partition coefficient (Wildman–Crippen LogP) is 1.48. The van der Waals surface area contributed by atoms with Crippen molar-refractivity contribution in [3.05, 3.63) is 0 Å². The van der Waals surface area contributed by atoms with E-state index in [9.17, 15) is 0 Å². The van der Waals surface area contributed by atoms with Crippen LogP contribution >= 0.6 is 0 Å². The number of methoxy groups -OCH3 is 1. The first-order valence-electron chi connectivity index (χ1n) is 6.00. The Morgan fingerprint density at radius 2 is 2.20 bits per heavy atom. The third kappa shape index (κ3) is 3.44. The number of hydrogen-bond acceptors (Lipinski definition) is 3. The van der Waals surface area contributed by atoms with Gasteiger partial charge in [-0.15, -0.1) is 0 Å². The van der Waals surface area contributed by atoms with Gasteiger partial charge in [-0.1, -0.05) is 6.92 Å². The van der Waals surface area contributed by atoms with Gasteiger partial charge in [0.05, 0.1) is 6.61 Å². The zero-order valence-corrected chi connectivity index (χ0v) is 10.8. The zero-order valence-electron chi connectivity index (χ0n) is 10.8. The smallest absolute Gasteiger partial charge is 0.0615 e. The van der Waals surface area contributed by atoms with Crippen LogP contribution in [0.5, 0.6) is 0 Å². The van der Waals surface area contributed by atoms with Gasteiger partial charge in [-0.2, -0.15) is 0 Å². The molecule has 0 aliphatic carbocycles. The molecule has 0 bridgehead atoms. The maximum Gasteiger partial charge on any atom is 0.0615 e. The van der Waals surface area contributed by atoms with E-state index in [2.05, 4.69) is 37.9 Å². The van der Waals surface area contributed by atoms with Crippen LogP contribution in [0.1, 0.15) is 34.1 Å². The Hall–Kier alpha value is -0.120. The van der Waals surface area contributed by atoms with Gasteiger partial charge in [0.15, 0.2) is 0 Å². The average molecular weight is 214 g/mol. The van der Waals surface area contributed by atoms with Gasteiger partial charge in [0.25, 0.3) is 0 Å². The Bertz CT molecular complexity index is 194. The van der Waals surface area contributed by atoms with E-state index in [1.165, 1.54) is 6.42 Å². The number of ether oxygens (including phenoxy) is 1. The van der Waals surface area contributed by atoms with Crippen molar-refractivity contribution in [3.8, 4) is 0 Å². The van der Waals surface area contributed by atoms with Crippen LogP contribution < -0.4 is 5.32 Å². The van der Waals surface area contributed by atoms with Gasteiger partial charge in [0.2, 0.25) is 0 Å². The first-order valence-corrected chi connectivity index (χ1v) is 6.00. The highest BCUT2D eigenvalue weighted by molar-refractivity contribution is 4.95. The maximum absolute atomic E-state index is 5.24. The molecule has 1 N–H and O–H groups in total. The van der Waals surface area contributed by atoms with Gasteiger partial charge in [-0.05, 0) is 33.7 Å². The molecule has 1 saturated heterocycles. The number of hydrogen-bond donors (Lipinski definition) is 1. The van der Waals surface area contributed by atoms with E-state index in [0.717, 1.165) is 19.7 Å². The number of nitrogens with zero attached hydrogens (tertiary/aromatic N) is 1. The Kier molecular flexibility index (Phi) is 4.56. The minimum absolute atomic E-state index is 0.297. The molecule has 1 aliphatic heterocycles. The monoisotopic (exact) mass is 214 g/mol. The summed E-state index contributed by atoms with van der Waals surface area (Å²) >= 11 is 0. The summed E-state index contributed by atoms with van der Waals surface area (Å²) in [4.78, 5) is 2.55. The SMILES string of the molecule is CCN(C(C)COC)C1CNC(C)(C)C1.